The molecule has 8 fully saturated rings. The van der Waals surface area contributed by atoms with Gasteiger partial charge in [0, 0.05) is 29.6 Å². The first-order valence-corrected chi connectivity index (χ1v) is 19.9. The quantitative estimate of drug-likeness (QED) is 0.218. The van der Waals surface area contributed by atoms with E-state index in [0.29, 0.717) is 47.5 Å². The third kappa shape index (κ3) is 3.84. The predicted molar refractivity (Wildman–Crippen MR) is 186 cm³/mol. The lowest BCUT2D eigenvalue weighted by Gasteiger charge is -2.60. The third-order valence-corrected chi connectivity index (χ3v) is 18.0. The fourth-order valence-electron chi connectivity index (χ4n) is 15.6. The number of aliphatic hydroxyl groups is 1. The number of ketones is 1. The summed E-state index contributed by atoms with van der Waals surface area (Å²) >= 11 is 0. The Morgan fingerprint density at radius 1 is 0.816 bits per heavy atom. The number of carbonyl (C=O) groups excluding carboxylic acids is 2. The lowest BCUT2D eigenvalue weighted by atomic mass is 9.45. The standard InChI is InChI=1S/C24H30O3.C20H24O2/c1-22-6-3-12(25)9-17(22)13-10-14(13)20-16(22)4-7-23(2)21(20)15-11-18(15)24(23)8-5-19(26)27-24;1-3-20(22)11-9-18-17-6-4-13-12-14(21)5-7-15(13)16(17)8-10-19(18,20)2/h9,13-16,18,20-21H,3-8,10-11H2,1-2H3;1,5,7,12,16-18,21-22H,4,6,8-11H2,2H3/t13-,14+,15-,16+,18+,20-,21+,22-,23+,24+;16-,17-,18+,19+,20+/m11/s1. The molecule has 1 aromatic carbocycles. The van der Waals surface area contributed by atoms with Gasteiger partial charge in [0.15, 0.2) is 5.78 Å². The van der Waals surface area contributed by atoms with Crippen LogP contribution in [0.1, 0.15) is 121 Å². The molecule has 9 aliphatic carbocycles. The van der Waals surface area contributed by atoms with Gasteiger partial charge in [-0.2, -0.15) is 0 Å². The number of fused-ring (bicyclic) bond motifs is 17. The Bertz CT molecular complexity index is 1740. The molecule has 7 saturated carbocycles. The van der Waals surface area contributed by atoms with E-state index >= 15 is 0 Å². The highest BCUT2D eigenvalue weighted by Crippen LogP contribution is 2.82. The van der Waals surface area contributed by atoms with Gasteiger partial charge >= 0.3 is 5.97 Å². The first-order valence-electron chi connectivity index (χ1n) is 19.9. The van der Waals surface area contributed by atoms with Crippen LogP contribution in [0.2, 0.25) is 0 Å². The van der Waals surface area contributed by atoms with E-state index in [1.807, 2.05) is 12.1 Å². The van der Waals surface area contributed by atoms with Crippen molar-refractivity contribution in [1.82, 2.24) is 0 Å². The Kier molecular flexibility index (Phi) is 6.26. The fourth-order valence-corrected chi connectivity index (χ4v) is 15.6. The molecule has 1 saturated heterocycles. The van der Waals surface area contributed by atoms with Gasteiger partial charge in [0.05, 0.1) is 0 Å². The summed E-state index contributed by atoms with van der Waals surface area (Å²) in [6.07, 6.45) is 22.4. The lowest BCUT2D eigenvalue weighted by Crippen LogP contribution is -2.57. The van der Waals surface area contributed by atoms with Crippen molar-refractivity contribution < 1.29 is 24.5 Å². The molecule has 49 heavy (non-hydrogen) atoms. The van der Waals surface area contributed by atoms with Gasteiger partial charge in [-0.3, -0.25) is 9.59 Å². The van der Waals surface area contributed by atoms with Gasteiger partial charge in [-0.15, -0.1) is 6.42 Å². The molecule has 15 atom stereocenters. The van der Waals surface area contributed by atoms with Crippen LogP contribution in [0.15, 0.2) is 29.8 Å². The van der Waals surface area contributed by atoms with Gasteiger partial charge in [-0.1, -0.05) is 38.3 Å². The molecule has 5 nitrogen and oxygen atoms in total. The Hall–Kier alpha value is -2.58. The lowest BCUT2D eigenvalue weighted by molar-refractivity contribution is -0.177. The minimum absolute atomic E-state index is 0.0561. The fraction of sp³-hybridized carbons (Fsp3) is 0.727. The number of hydrogen-bond acceptors (Lipinski definition) is 5. The molecule has 1 aromatic rings. The van der Waals surface area contributed by atoms with Crippen LogP contribution < -0.4 is 0 Å². The molecule has 1 spiro atoms. The monoisotopic (exact) mass is 662 g/mol. The van der Waals surface area contributed by atoms with E-state index in [4.69, 9.17) is 11.2 Å². The summed E-state index contributed by atoms with van der Waals surface area (Å²) in [4.78, 5) is 24.3. The van der Waals surface area contributed by atoms with E-state index in [0.717, 1.165) is 87.4 Å². The van der Waals surface area contributed by atoms with Crippen molar-refractivity contribution in [1.29, 1.82) is 0 Å². The van der Waals surface area contributed by atoms with E-state index in [2.05, 4.69) is 38.8 Å². The average molecular weight is 663 g/mol. The van der Waals surface area contributed by atoms with Crippen molar-refractivity contribution in [2.24, 2.45) is 69.5 Å². The second kappa shape index (κ2) is 9.84. The van der Waals surface area contributed by atoms with E-state index in [9.17, 15) is 19.8 Å². The molecule has 0 bridgehead atoms. The number of carbonyl (C=O) groups is 2. The molecule has 2 N–H and O–H groups in total. The van der Waals surface area contributed by atoms with E-state index < -0.39 is 5.60 Å². The van der Waals surface area contributed by atoms with Crippen molar-refractivity contribution in [2.75, 3.05) is 0 Å². The van der Waals surface area contributed by atoms with Gasteiger partial charge in [0.25, 0.3) is 0 Å². The van der Waals surface area contributed by atoms with Crippen molar-refractivity contribution in [2.45, 2.75) is 128 Å². The van der Waals surface area contributed by atoms with E-state index in [1.54, 1.807) is 0 Å². The summed E-state index contributed by atoms with van der Waals surface area (Å²) in [5, 5.41) is 20.6. The Morgan fingerprint density at radius 3 is 2.39 bits per heavy atom. The largest absolute Gasteiger partial charge is 0.508 e. The number of phenols is 1. The number of ether oxygens (including phenoxy) is 1. The average Bonchev–Trinajstić information content (AvgIpc) is 3.98. The zero-order valence-corrected chi connectivity index (χ0v) is 29.7. The number of allylic oxidation sites excluding steroid dienone is 1. The summed E-state index contributed by atoms with van der Waals surface area (Å²) in [5.74, 6) is 10.5. The molecule has 1 heterocycles. The highest BCUT2D eigenvalue weighted by atomic mass is 16.6. The number of hydrogen-bond donors (Lipinski definition) is 2. The van der Waals surface area contributed by atoms with Gasteiger partial charge in [0.1, 0.15) is 17.0 Å². The van der Waals surface area contributed by atoms with Crippen molar-refractivity contribution in [3.8, 4) is 18.1 Å². The predicted octanol–water partition coefficient (Wildman–Crippen LogP) is 7.92. The van der Waals surface area contributed by atoms with Crippen molar-refractivity contribution >= 4 is 11.8 Å². The number of benzene rings is 1. The van der Waals surface area contributed by atoms with Crippen molar-refractivity contribution in [3.05, 3.63) is 41.0 Å². The second-order valence-electron chi connectivity index (χ2n) is 19.3. The molecule has 0 amide bonds. The number of aryl methyl sites for hydroxylation is 1. The van der Waals surface area contributed by atoms with Crippen LogP contribution in [-0.4, -0.2) is 33.2 Å². The first kappa shape index (κ1) is 31.2. The topological polar surface area (TPSA) is 83.8 Å². The van der Waals surface area contributed by atoms with Gasteiger partial charge in [-0.25, -0.2) is 0 Å². The van der Waals surface area contributed by atoms with Crippen LogP contribution >= 0.6 is 0 Å². The zero-order valence-electron chi connectivity index (χ0n) is 29.7. The Balaban J connectivity index is 0.000000128. The maximum Gasteiger partial charge on any atom is 0.306 e. The third-order valence-electron chi connectivity index (χ3n) is 18.0. The van der Waals surface area contributed by atoms with E-state index in [-0.39, 0.29) is 27.8 Å². The van der Waals surface area contributed by atoms with Crippen LogP contribution in [0.25, 0.3) is 0 Å². The maximum atomic E-state index is 12.2. The molecule has 0 radical (unpaired) electrons. The molecule has 0 aromatic heterocycles. The minimum Gasteiger partial charge on any atom is -0.508 e. The molecular formula is C44H54O5. The van der Waals surface area contributed by atoms with Crippen LogP contribution in [0.5, 0.6) is 5.75 Å². The molecule has 1 aliphatic heterocycles. The van der Waals surface area contributed by atoms with Crippen LogP contribution in [0, 0.1) is 81.8 Å². The Morgan fingerprint density at radius 2 is 1.61 bits per heavy atom. The van der Waals surface area contributed by atoms with Crippen LogP contribution in [0.4, 0.5) is 0 Å². The number of terminal acetylenes is 1. The molecule has 5 heteroatoms. The summed E-state index contributed by atoms with van der Waals surface area (Å²) < 4.78 is 6.22. The van der Waals surface area contributed by atoms with Gasteiger partial charge in [-0.05, 0) is 165 Å². The van der Waals surface area contributed by atoms with Gasteiger partial charge < -0.3 is 14.9 Å². The maximum absolute atomic E-state index is 12.2. The molecular weight excluding hydrogens is 608 g/mol. The highest BCUT2D eigenvalue weighted by Gasteiger charge is 2.81. The van der Waals surface area contributed by atoms with Crippen molar-refractivity contribution in [3.63, 3.8) is 0 Å². The number of aromatic hydroxyl groups is 1. The van der Waals surface area contributed by atoms with Gasteiger partial charge in [0.2, 0.25) is 0 Å². The van der Waals surface area contributed by atoms with Crippen LogP contribution in [0.3, 0.4) is 0 Å². The molecule has 0 unspecified atom stereocenters. The minimum atomic E-state index is -0.919. The number of rotatable bonds is 0. The Labute approximate surface area is 292 Å². The summed E-state index contributed by atoms with van der Waals surface area (Å²) in [6.45, 7) is 7.20. The molecule has 260 valence electrons. The highest BCUT2D eigenvalue weighted by molar-refractivity contribution is 5.92. The van der Waals surface area contributed by atoms with E-state index in [1.165, 1.54) is 42.4 Å². The first-order chi connectivity index (χ1) is 23.4. The molecule has 11 rings (SSSR count). The summed E-state index contributed by atoms with van der Waals surface area (Å²) in [5.41, 5.74) is 3.54. The second-order valence-corrected chi connectivity index (χ2v) is 19.3. The SMILES string of the molecule is C#C[C@]1(O)CC[C@H]2[C@@H]3CCc4cc(O)ccc4[C@H]3CC[C@@]21C.C[C@]12CCC(=O)C=C1[C@@H]1C[C@@H]1[C@H]1[C@@H]3[C@@H]4C[C@@H]4[C@@]4(CCC(=O)O4)[C@@]3(C)CC[C@@H]12. The number of esters is 1. The number of phenolic OH excluding ortho intramolecular Hbond substituents is 1. The summed E-state index contributed by atoms with van der Waals surface area (Å²) in [6, 6.07) is 5.87. The zero-order chi connectivity index (χ0) is 33.9. The smallest absolute Gasteiger partial charge is 0.306 e. The van der Waals surface area contributed by atoms with Crippen LogP contribution in [-0.2, 0) is 20.7 Å². The molecule has 10 aliphatic rings. The normalized spacial score (nSPS) is 53.4. The summed E-state index contributed by atoms with van der Waals surface area (Å²) in [7, 11) is 0.